The summed E-state index contributed by atoms with van der Waals surface area (Å²) in [5, 5.41) is 12.4. The Morgan fingerprint density at radius 1 is 1.47 bits per heavy atom. The van der Waals surface area contributed by atoms with Crippen LogP contribution in [0.5, 0.6) is 5.88 Å². The first kappa shape index (κ1) is 13.8. The molecule has 104 valence electrons. The van der Waals surface area contributed by atoms with Crippen LogP contribution in [-0.4, -0.2) is 29.2 Å². The smallest absolute Gasteiger partial charge is 0.306 e. The summed E-state index contributed by atoms with van der Waals surface area (Å²) in [6.07, 6.45) is 5.06. The molecule has 5 nitrogen and oxygen atoms in total. The van der Waals surface area contributed by atoms with E-state index in [1.54, 1.807) is 13.3 Å². The average molecular weight is 264 g/mol. The van der Waals surface area contributed by atoms with Crippen molar-refractivity contribution in [3.05, 3.63) is 23.9 Å². The molecular formula is C14H20N2O3. The van der Waals surface area contributed by atoms with E-state index >= 15 is 0 Å². The van der Waals surface area contributed by atoms with Crippen LogP contribution in [0.15, 0.2) is 18.3 Å². The standard InChI is InChI=1S/C14H20N2O3/c1-19-13-11(3-2-8-15-13)9-16-12-6-4-10(5-7-12)14(17)18/h2-3,8,10,12,16H,4-7,9H2,1H3,(H,17,18). The Balaban J connectivity index is 1.82. The molecule has 0 saturated heterocycles. The summed E-state index contributed by atoms with van der Waals surface area (Å²) in [4.78, 5) is 15.0. The monoisotopic (exact) mass is 264 g/mol. The predicted octanol–water partition coefficient (Wildman–Crippen LogP) is 1.82. The van der Waals surface area contributed by atoms with Crippen molar-refractivity contribution in [2.24, 2.45) is 5.92 Å². The van der Waals surface area contributed by atoms with Gasteiger partial charge in [0.05, 0.1) is 13.0 Å². The van der Waals surface area contributed by atoms with Crippen LogP contribution in [-0.2, 0) is 11.3 Å². The van der Waals surface area contributed by atoms with Crippen LogP contribution in [0.1, 0.15) is 31.2 Å². The van der Waals surface area contributed by atoms with Crippen LogP contribution in [0.4, 0.5) is 0 Å². The fourth-order valence-electron chi connectivity index (χ4n) is 2.54. The number of carbonyl (C=O) groups is 1. The number of aliphatic carboxylic acids is 1. The lowest BCUT2D eigenvalue weighted by Gasteiger charge is -2.27. The lowest BCUT2D eigenvalue weighted by atomic mass is 9.86. The highest BCUT2D eigenvalue weighted by molar-refractivity contribution is 5.70. The highest BCUT2D eigenvalue weighted by Gasteiger charge is 2.25. The van der Waals surface area contributed by atoms with Crippen LogP contribution in [0.25, 0.3) is 0 Å². The second kappa shape index (κ2) is 6.52. The molecule has 0 radical (unpaired) electrons. The molecule has 2 N–H and O–H groups in total. The number of methoxy groups -OCH3 is 1. The molecule has 1 aliphatic carbocycles. The minimum atomic E-state index is -0.660. The molecule has 0 spiro atoms. The molecule has 0 atom stereocenters. The zero-order valence-corrected chi connectivity index (χ0v) is 11.1. The molecule has 1 heterocycles. The highest BCUT2D eigenvalue weighted by atomic mass is 16.5. The molecule has 0 amide bonds. The van der Waals surface area contributed by atoms with Gasteiger partial charge in [-0.15, -0.1) is 0 Å². The van der Waals surface area contributed by atoms with Gasteiger partial charge in [0.15, 0.2) is 0 Å². The third kappa shape index (κ3) is 3.67. The molecule has 1 saturated carbocycles. The summed E-state index contributed by atoms with van der Waals surface area (Å²) < 4.78 is 5.20. The van der Waals surface area contributed by atoms with Crippen LogP contribution in [0.2, 0.25) is 0 Å². The number of nitrogens with zero attached hydrogens (tertiary/aromatic N) is 1. The third-order valence-electron chi connectivity index (χ3n) is 3.70. The van der Waals surface area contributed by atoms with Crippen molar-refractivity contribution in [3.63, 3.8) is 0 Å². The third-order valence-corrected chi connectivity index (χ3v) is 3.70. The highest BCUT2D eigenvalue weighted by Crippen LogP contribution is 2.25. The first-order chi connectivity index (χ1) is 9.20. The molecule has 1 aromatic rings. The first-order valence-corrected chi connectivity index (χ1v) is 6.64. The Morgan fingerprint density at radius 3 is 2.84 bits per heavy atom. The number of aromatic nitrogens is 1. The Hall–Kier alpha value is -1.62. The van der Waals surface area contributed by atoms with E-state index in [0.717, 1.165) is 31.2 Å². The fraction of sp³-hybridized carbons (Fsp3) is 0.571. The number of ether oxygens (including phenoxy) is 1. The lowest BCUT2D eigenvalue weighted by molar-refractivity contribution is -0.142. The maximum Gasteiger partial charge on any atom is 0.306 e. The number of rotatable bonds is 5. The van der Waals surface area contributed by atoms with Gasteiger partial charge in [0.2, 0.25) is 5.88 Å². The average Bonchev–Trinajstić information content (AvgIpc) is 2.45. The fourth-order valence-corrected chi connectivity index (χ4v) is 2.54. The van der Waals surface area contributed by atoms with E-state index in [0.29, 0.717) is 18.5 Å². The van der Waals surface area contributed by atoms with Crippen molar-refractivity contribution in [1.82, 2.24) is 10.3 Å². The van der Waals surface area contributed by atoms with E-state index in [-0.39, 0.29) is 5.92 Å². The number of carboxylic acids is 1. The second-order valence-electron chi connectivity index (χ2n) is 4.94. The van der Waals surface area contributed by atoms with E-state index < -0.39 is 5.97 Å². The molecule has 0 unspecified atom stereocenters. The maximum absolute atomic E-state index is 10.9. The van der Waals surface area contributed by atoms with Crippen molar-refractivity contribution in [3.8, 4) is 5.88 Å². The molecule has 1 aromatic heterocycles. The summed E-state index contributed by atoms with van der Waals surface area (Å²) in [6.45, 7) is 0.708. The van der Waals surface area contributed by atoms with Crippen LogP contribution in [0, 0.1) is 5.92 Å². The number of carboxylic acid groups (broad SMARTS) is 1. The summed E-state index contributed by atoms with van der Waals surface area (Å²) in [5.74, 6) is -0.174. The lowest BCUT2D eigenvalue weighted by Crippen LogP contribution is -2.34. The zero-order chi connectivity index (χ0) is 13.7. The van der Waals surface area contributed by atoms with Crippen molar-refractivity contribution in [2.75, 3.05) is 7.11 Å². The maximum atomic E-state index is 10.9. The minimum Gasteiger partial charge on any atom is -0.481 e. The Morgan fingerprint density at radius 2 is 2.21 bits per heavy atom. The number of pyridine rings is 1. The SMILES string of the molecule is COc1ncccc1CNC1CCC(C(=O)O)CC1. The van der Waals surface area contributed by atoms with Gasteiger partial charge in [0.1, 0.15) is 0 Å². The van der Waals surface area contributed by atoms with E-state index in [4.69, 9.17) is 9.84 Å². The molecule has 5 heteroatoms. The molecular weight excluding hydrogens is 244 g/mol. The normalized spacial score (nSPS) is 23.0. The Bertz CT molecular complexity index is 428. The molecule has 1 fully saturated rings. The van der Waals surface area contributed by atoms with E-state index in [9.17, 15) is 4.79 Å². The first-order valence-electron chi connectivity index (χ1n) is 6.64. The molecule has 1 aliphatic rings. The molecule has 0 aromatic carbocycles. The van der Waals surface area contributed by atoms with Gasteiger partial charge < -0.3 is 15.2 Å². The van der Waals surface area contributed by atoms with Crippen LogP contribution in [0.3, 0.4) is 0 Å². The second-order valence-corrected chi connectivity index (χ2v) is 4.94. The van der Waals surface area contributed by atoms with Crippen molar-refractivity contribution >= 4 is 5.97 Å². The number of hydrogen-bond donors (Lipinski definition) is 2. The summed E-state index contributed by atoms with van der Waals surface area (Å²) in [5.41, 5.74) is 1.03. The van der Waals surface area contributed by atoms with Gasteiger partial charge >= 0.3 is 5.97 Å². The topological polar surface area (TPSA) is 71.5 Å². The Kier molecular flexibility index (Phi) is 4.74. The van der Waals surface area contributed by atoms with E-state index in [1.807, 2.05) is 12.1 Å². The van der Waals surface area contributed by atoms with Crippen LogP contribution < -0.4 is 10.1 Å². The Labute approximate surface area is 113 Å². The van der Waals surface area contributed by atoms with Gasteiger partial charge in [-0.3, -0.25) is 4.79 Å². The van der Waals surface area contributed by atoms with Gasteiger partial charge in [-0.1, -0.05) is 6.07 Å². The van der Waals surface area contributed by atoms with Gasteiger partial charge in [-0.05, 0) is 31.7 Å². The molecule has 2 rings (SSSR count). The summed E-state index contributed by atoms with van der Waals surface area (Å²) in [6, 6.07) is 4.27. The number of hydrogen-bond acceptors (Lipinski definition) is 4. The summed E-state index contributed by atoms with van der Waals surface area (Å²) in [7, 11) is 1.61. The van der Waals surface area contributed by atoms with Crippen molar-refractivity contribution in [1.29, 1.82) is 0 Å². The largest absolute Gasteiger partial charge is 0.481 e. The van der Waals surface area contributed by atoms with Gasteiger partial charge in [0, 0.05) is 24.3 Å². The zero-order valence-electron chi connectivity index (χ0n) is 11.1. The predicted molar refractivity (Wildman–Crippen MR) is 71.0 cm³/mol. The van der Waals surface area contributed by atoms with E-state index in [2.05, 4.69) is 10.3 Å². The van der Waals surface area contributed by atoms with Crippen molar-refractivity contribution < 1.29 is 14.6 Å². The van der Waals surface area contributed by atoms with E-state index in [1.165, 1.54) is 0 Å². The number of nitrogens with one attached hydrogen (secondary N) is 1. The summed E-state index contributed by atoms with van der Waals surface area (Å²) >= 11 is 0. The van der Waals surface area contributed by atoms with Gasteiger partial charge in [-0.2, -0.15) is 0 Å². The van der Waals surface area contributed by atoms with Crippen LogP contribution >= 0.6 is 0 Å². The minimum absolute atomic E-state index is 0.161. The quantitative estimate of drug-likeness (QED) is 0.849. The molecule has 0 bridgehead atoms. The van der Waals surface area contributed by atoms with Gasteiger partial charge in [0.25, 0.3) is 0 Å². The molecule has 0 aliphatic heterocycles. The van der Waals surface area contributed by atoms with Crippen molar-refractivity contribution in [2.45, 2.75) is 38.3 Å². The van der Waals surface area contributed by atoms with Gasteiger partial charge in [-0.25, -0.2) is 4.98 Å². The molecule has 19 heavy (non-hydrogen) atoms.